The molecule has 4 rings (SSSR count). The largest absolute Gasteiger partial charge is 0.494 e. The number of nitrogens with zero attached hydrogens (tertiary/aromatic N) is 1. The number of fused-ring (bicyclic) bond motifs is 1. The van der Waals surface area contributed by atoms with E-state index in [1.807, 2.05) is 87.5 Å². The Balaban J connectivity index is 1.66. The summed E-state index contributed by atoms with van der Waals surface area (Å²) in [5, 5.41) is 2.98. The van der Waals surface area contributed by atoms with Crippen LogP contribution in [0.25, 0.3) is 16.7 Å². The van der Waals surface area contributed by atoms with Gasteiger partial charge in [-0.1, -0.05) is 48.5 Å². The van der Waals surface area contributed by atoms with E-state index in [2.05, 4.69) is 11.4 Å². The van der Waals surface area contributed by atoms with Crippen LogP contribution in [-0.2, 0) is 4.79 Å². The summed E-state index contributed by atoms with van der Waals surface area (Å²) in [6.45, 7) is 7.57. The molecule has 0 atom stereocenters. The zero-order valence-electron chi connectivity index (χ0n) is 19.6. The molecule has 5 nitrogen and oxygen atoms in total. The van der Waals surface area contributed by atoms with Gasteiger partial charge < -0.3 is 15.0 Å². The van der Waals surface area contributed by atoms with Gasteiger partial charge in [-0.3, -0.25) is 9.59 Å². The Hall–Kier alpha value is -3.86. The normalized spacial score (nSPS) is 14.2. The van der Waals surface area contributed by atoms with Crippen LogP contribution in [0.2, 0.25) is 0 Å². The number of amides is 2. The second-order valence-electron chi connectivity index (χ2n) is 8.80. The first-order valence-corrected chi connectivity index (χ1v) is 10.9. The molecular formula is C28H28N2O3. The van der Waals surface area contributed by atoms with E-state index in [0.717, 1.165) is 28.0 Å². The molecule has 0 bridgehead atoms. The number of hydrogen-bond acceptors (Lipinski definition) is 3. The molecule has 1 aliphatic rings. The average Bonchev–Trinajstić information content (AvgIpc) is 2.79. The molecule has 1 heterocycles. The van der Waals surface area contributed by atoms with Crippen LogP contribution < -0.4 is 15.0 Å². The van der Waals surface area contributed by atoms with Crippen molar-refractivity contribution in [1.82, 2.24) is 0 Å². The minimum Gasteiger partial charge on any atom is -0.494 e. The predicted octanol–water partition coefficient (Wildman–Crippen LogP) is 6.16. The molecule has 168 valence electrons. The molecule has 1 N–H and O–H groups in total. The van der Waals surface area contributed by atoms with Crippen LogP contribution in [0, 0.1) is 0 Å². The molecule has 0 unspecified atom stereocenters. The number of anilines is 2. The number of allylic oxidation sites excluding steroid dienone is 1. The van der Waals surface area contributed by atoms with Gasteiger partial charge in [0.2, 0.25) is 5.91 Å². The van der Waals surface area contributed by atoms with Crippen LogP contribution >= 0.6 is 0 Å². The highest BCUT2D eigenvalue weighted by Crippen LogP contribution is 2.43. The van der Waals surface area contributed by atoms with Crippen molar-refractivity contribution >= 4 is 28.8 Å². The van der Waals surface area contributed by atoms with E-state index in [4.69, 9.17) is 4.74 Å². The number of hydrogen-bond donors (Lipinski definition) is 1. The third-order valence-corrected chi connectivity index (χ3v) is 5.95. The molecular weight excluding hydrogens is 412 g/mol. The Morgan fingerprint density at radius 2 is 1.58 bits per heavy atom. The lowest BCUT2D eigenvalue weighted by Crippen LogP contribution is -2.47. The highest BCUT2D eigenvalue weighted by molar-refractivity contribution is 6.07. The summed E-state index contributed by atoms with van der Waals surface area (Å²) in [6, 6.07) is 21.2. The van der Waals surface area contributed by atoms with Gasteiger partial charge in [0.05, 0.1) is 24.0 Å². The number of carbonyl (C=O) groups excluding carboxylic acids is 2. The van der Waals surface area contributed by atoms with Gasteiger partial charge in [-0.25, -0.2) is 0 Å². The zero-order valence-corrected chi connectivity index (χ0v) is 19.6. The predicted molar refractivity (Wildman–Crippen MR) is 134 cm³/mol. The lowest BCUT2D eigenvalue weighted by atomic mass is 9.88. The lowest BCUT2D eigenvalue weighted by molar-refractivity contribution is -0.117. The van der Waals surface area contributed by atoms with Crippen molar-refractivity contribution in [2.24, 2.45) is 0 Å². The van der Waals surface area contributed by atoms with E-state index in [0.29, 0.717) is 17.0 Å². The van der Waals surface area contributed by atoms with Crippen molar-refractivity contribution in [1.29, 1.82) is 0 Å². The van der Waals surface area contributed by atoms with E-state index in [-0.39, 0.29) is 11.8 Å². The molecule has 3 aromatic carbocycles. The van der Waals surface area contributed by atoms with Gasteiger partial charge >= 0.3 is 0 Å². The van der Waals surface area contributed by atoms with Crippen molar-refractivity contribution in [3.8, 4) is 16.9 Å². The Labute approximate surface area is 194 Å². The molecule has 0 saturated carbocycles. The zero-order chi connectivity index (χ0) is 23.8. The maximum absolute atomic E-state index is 13.0. The minimum atomic E-state index is -0.459. The second kappa shape index (κ2) is 8.58. The van der Waals surface area contributed by atoms with E-state index in [1.54, 1.807) is 18.9 Å². The van der Waals surface area contributed by atoms with E-state index >= 15 is 0 Å². The SMILES string of the molecule is COc1cc2c(cc1NC(=O)c1ccc(-c3ccccc3)cc1)C(C)=CC(C)(C)N2C(C)=O. The Kier molecular flexibility index (Phi) is 5.81. The van der Waals surface area contributed by atoms with E-state index in [9.17, 15) is 9.59 Å². The van der Waals surface area contributed by atoms with Gasteiger partial charge in [-0.2, -0.15) is 0 Å². The Morgan fingerprint density at radius 1 is 0.939 bits per heavy atom. The van der Waals surface area contributed by atoms with Crippen molar-refractivity contribution in [2.75, 3.05) is 17.3 Å². The first kappa shape index (κ1) is 22.3. The third kappa shape index (κ3) is 4.27. The molecule has 2 amide bonds. The molecule has 0 aliphatic carbocycles. The number of rotatable bonds is 4. The summed E-state index contributed by atoms with van der Waals surface area (Å²) in [5.41, 5.74) is 5.50. The first-order chi connectivity index (χ1) is 15.7. The topological polar surface area (TPSA) is 58.6 Å². The second-order valence-corrected chi connectivity index (χ2v) is 8.80. The lowest BCUT2D eigenvalue weighted by Gasteiger charge is -2.41. The number of benzene rings is 3. The van der Waals surface area contributed by atoms with Gasteiger partial charge in [-0.05, 0) is 55.7 Å². The van der Waals surface area contributed by atoms with Crippen molar-refractivity contribution < 1.29 is 14.3 Å². The summed E-state index contributed by atoms with van der Waals surface area (Å²) in [4.78, 5) is 27.2. The molecule has 0 radical (unpaired) electrons. The van der Waals surface area contributed by atoms with Gasteiger partial charge in [-0.15, -0.1) is 0 Å². The molecule has 0 spiro atoms. The Morgan fingerprint density at radius 3 is 2.18 bits per heavy atom. The number of ether oxygens (including phenoxy) is 1. The van der Waals surface area contributed by atoms with Gasteiger partial charge in [0.25, 0.3) is 5.91 Å². The number of methoxy groups -OCH3 is 1. The summed E-state index contributed by atoms with van der Waals surface area (Å²) in [5.74, 6) is 0.219. The Bertz CT molecular complexity index is 1240. The van der Waals surface area contributed by atoms with Crippen LogP contribution in [0.15, 0.2) is 72.8 Å². The minimum absolute atomic E-state index is 0.0534. The van der Waals surface area contributed by atoms with Gasteiger partial charge in [0.1, 0.15) is 5.75 Å². The average molecular weight is 441 g/mol. The van der Waals surface area contributed by atoms with E-state index in [1.165, 1.54) is 0 Å². The molecule has 3 aromatic rings. The van der Waals surface area contributed by atoms with E-state index < -0.39 is 5.54 Å². The standard InChI is InChI=1S/C28H28N2O3/c1-18-17-28(3,4)30(19(2)31)25-16-26(33-5)24(15-23(18)25)29-27(32)22-13-11-21(12-14-22)20-9-7-6-8-10-20/h6-17H,1-5H3,(H,29,32). The molecule has 0 aromatic heterocycles. The van der Waals surface area contributed by atoms with Crippen LogP contribution in [0.1, 0.15) is 43.6 Å². The summed E-state index contributed by atoms with van der Waals surface area (Å²) in [7, 11) is 1.56. The summed E-state index contributed by atoms with van der Waals surface area (Å²) in [6.07, 6.45) is 2.07. The van der Waals surface area contributed by atoms with Crippen LogP contribution in [0.4, 0.5) is 11.4 Å². The highest BCUT2D eigenvalue weighted by Gasteiger charge is 2.35. The van der Waals surface area contributed by atoms with Crippen molar-refractivity contribution in [3.05, 3.63) is 83.9 Å². The van der Waals surface area contributed by atoms with Crippen LogP contribution in [0.5, 0.6) is 5.75 Å². The molecule has 0 saturated heterocycles. The maximum atomic E-state index is 13.0. The quantitative estimate of drug-likeness (QED) is 0.528. The molecule has 0 fully saturated rings. The molecule has 1 aliphatic heterocycles. The molecule has 5 heteroatoms. The van der Waals surface area contributed by atoms with Crippen molar-refractivity contribution in [2.45, 2.75) is 33.2 Å². The summed E-state index contributed by atoms with van der Waals surface area (Å²) < 4.78 is 5.58. The van der Waals surface area contributed by atoms with Gasteiger partial charge in [0, 0.05) is 24.1 Å². The van der Waals surface area contributed by atoms with Crippen LogP contribution in [-0.4, -0.2) is 24.5 Å². The summed E-state index contributed by atoms with van der Waals surface area (Å²) >= 11 is 0. The van der Waals surface area contributed by atoms with Crippen molar-refractivity contribution in [3.63, 3.8) is 0 Å². The molecule has 33 heavy (non-hydrogen) atoms. The third-order valence-electron chi connectivity index (χ3n) is 5.95. The highest BCUT2D eigenvalue weighted by atomic mass is 16.5. The monoisotopic (exact) mass is 440 g/mol. The fraction of sp³-hybridized carbons (Fsp3) is 0.214. The first-order valence-electron chi connectivity index (χ1n) is 10.9. The number of nitrogens with one attached hydrogen (secondary N) is 1. The van der Waals surface area contributed by atoms with Gasteiger partial charge in [0.15, 0.2) is 0 Å². The maximum Gasteiger partial charge on any atom is 0.255 e. The van der Waals surface area contributed by atoms with Crippen LogP contribution in [0.3, 0.4) is 0 Å². The smallest absolute Gasteiger partial charge is 0.255 e. The number of carbonyl (C=O) groups is 2. The fourth-order valence-electron chi connectivity index (χ4n) is 4.53. The fourth-order valence-corrected chi connectivity index (χ4v) is 4.53.